The molecule has 7 nitrogen and oxygen atoms in total. The molecule has 2 amide bonds. The monoisotopic (exact) mass is 733 g/mol. The molecular weight excluding hydrogens is 700 g/mol. The molecule has 12 heteroatoms. The Kier molecular flexibility index (Phi) is 13.0. The molecule has 0 unspecified atom stereocenters. The fourth-order valence-electron chi connectivity index (χ4n) is 4.96. The van der Waals surface area contributed by atoms with E-state index >= 15 is 0 Å². The van der Waals surface area contributed by atoms with E-state index in [1.165, 1.54) is 35.2 Å². The van der Waals surface area contributed by atoms with Gasteiger partial charge in [-0.15, -0.1) is 0 Å². The molecule has 1 N–H and O–H groups in total. The highest BCUT2D eigenvalue weighted by molar-refractivity contribution is 7.92. The van der Waals surface area contributed by atoms with Gasteiger partial charge in [-0.3, -0.25) is 13.9 Å². The number of carbonyl (C=O) groups is 2. The number of benzene rings is 4. The lowest BCUT2D eigenvalue weighted by atomic mass is 10.0. The van der Waals surface area contributed by atoms with Crippen LogP contribution in [0.1, 0.15) is 36.5 Å². The van der Waals surface area contributed by atoms with Crippen LogP contribution in [-0.2, 0) is 32.6 Å². The van der Waals surface area contributed by atoms with Gasteiger partial charge in [0.25, 0.3) is 10.0 Å². The second-order valence-corrected chi connectivity index (χ2v) is 14.6. The van der Waals surface area contributed by atoms with E-state index in [1.54, 1.807) is 30.3 Å². The quantitative estimate of drug-likeness (QED) is 0.132. The maximum atomic E-state index is 14.6. The first-order valence-corrected chi connectivity index (χ1v) is 18.0. The molecule has 0 heterocycles. The minimum atomic E-state index is -4.33. The Morgan fingerprint density at radius 2 is 1.45 bits per heavy atom. The SMILES string of the molecule is CCCCNC(=O)[C@H](Cc1ccccc1)N(Cc1c(Cl)cccc1Cl)C(=O)CN(c1cc(Cl)cc(Cl)c1)S(=O)(=O)c1ccc(C)cc1. The van der Waals surface area contributed by atoms with Gasteiger partial charge in [0, 0.05) is 45.2 Å². The number of aryl methyl sites for hydroxylation is 1. The summed E-state index contributed by atoms with van der Waals surface area (Å²) in [4.78, 5) is 29.8. The molecule has 0 saturated carbocycles. The highest BCUT2D eigenvalue weighted by Crippen LogP contribution is 2.31. The molecule has 47 heavy (non-hydrogen) atoms. The number of amides is 2. The molecule has 1 atom stereocenters. The second kappa shape index (κ2) is 16.7. The standard InChI is InChI=1S/C35H35Cl4N3O4S/c1-3-4-17-40-35(44)33(18-25-9-6-5-7-10-25)41(22-30-31(38)11-8-12-32(30)39)34(43)23-42(28-20-26(36)19-27(37)21-28)47(45,46)29-15-13-24(2)14-16-29/h5-16,19-21,33H,3-4,17-18,22-23H2,1-2H3,(H,40,44)/t33-/m0/s1. The van der Waals surface area contributed by atoms with Crippen molar-refractivity contribution in [3.63, 3.8) is 0 Å². The summed E-state index contributed by atoms with van der Waals surface area (Å²) in [5.41, 5.74) is 2.16. The molecule has 0 spiro atoms. The molecule has 0 bridgehead atoms. The average molecular weight is 736 g/mol. The third kappa shape index (κ3) is 9.64. The number of halogens is 4. The van der Waals surface area contributed by atoms with Crippen molar-refractivity contribution in [1.29, 1.82) is 0 Å². The molecule has 0 aliphatic heterocycles. The minimum Gasteiger partial charge on any atom is -0.354 e. The van der Waals surface area contributed by atoms with Crippen LogP contribution in [0.15, 0.2) is 95.9 Å². The summed E-state index contributed by atoms with van der Waals surface area (Å²) in [5, 5.41) is 3.91. The Labute approximate surface area is 296 Å². The smallest absolute Gasteiger partial charge is 0.264 e. The van der Waals surface area contributed by atoms with E-state index in [9.17, 15) is 18.0 Å². The predicted molar refractivity (Wildman–Crippen MR) is 191 cm³/mol. The first-order chi connectivity index (χ1) is 22.4. The van der Waals surface area contributed by atoms with Crippen LogP contribution in [0.25, 0.3) is 0 Å². The molecular formula is C35H35Cl4N3O4S. The van der Waals surface area contributed by atoms with Crippen LogP contribution in [-0.4, -0.2) is 44.3 Å². The second-order valence-electron chi connectivity index (χ2n) is 11.0. The van der Waals surface area contributed by atoms with Gasteiger partial charge in [-0.1, -0.05) is 114 Å². The summed E-state index contributed by atoms with van der Waals surface area (Å²) in [7, 11) is -4.33. The van der Waals surface area contributed by atoms with Crippen molar-refractivity contribution >= 4 is 73.9 Å². The molecule has 0 aliphatic carbocycles. The maximum Gasteiger partial charge on any atom is 0.264 e. The molecule has 4 aromatic rings. The van der Waals surface area contributed by atoms with Crippen LogP contribution < -0.4 is 9.62 Å². The molecule has 0 aromatic heterocycles. The minimum absolute atomic E-state index is 0.0363. The van der Waals surface area contributed by atoms with Gasteiger partial charge in [-0.25, -0.2) is 8.42 Å². The summed E-state index contributed by atoms with van der Waals surface area (Å²) < 4.78 is 29.4. The fraction of sp³-hybridized carbons (Fsp3) is 0.257. The summed E-state index contributed by atoms with van der Waals surface area (Å²) in [6, 6.07) is 23.8. The van der Waals surface area contributed by atoms with E-state index in [2.05, 4.69) is 5.32 Å². The Balaban J connectivity index is 1.85. The molecule has 0 aliphatic rings. The summed E-state index contributed by atoms with van der Waals surface area (Å²) in [6.45, 7) is 3.41. The van der Waals surface area contributed by atoms with Crippen LogP contribution in [0.2, 0.25) is 20.1 Å². The molecule has 248 valence electrons. The average Bonchev–Trinajstić information content (AvgIpc) is 3.03. The third-order valence-corrected chi connectivity index (χ3v) is 10.4. The normalized spacial score (nSPS) is 12.0. The number of unbranched alkanes of at least 4 members (excludes halogenated alkanes) is 1. The van der Waals surface area contributed by atoms with Crippen molar-refractivity contribution < 1.29 is 18.0 Å². The van der Waals surface area contributed by atoms with Gasteiger partial charge < -0.3 is 10.2 Å². The van der Waals surface area contributed by atoms with Gasteiger partial charge in [0.05, 0.1) is 10.6 Å². The summed E-state index contributed by atoms with van der Waals surface area (Å²) in [6.07, 6.45) is 1.75. The van der Waals surface area contributed by atoms with Crippen molar-refractivity contribution in [2.45, 2.75) is 50.6 Å². The van der Waals surface area contributed by atoms with Crippen molar-refractivity contribution in [2.75, 3.05) is 17.4 Å². The Hall–Kier alpha value is -3.27. The zero-order chi connectivity index (χ0) is 34.1. The van der Waals surface area contributed by atoms with Gasteiger partial charge in [0.1, 0.15) is 12.6 Å². The number of rotatable bonds is 14. The van der Waals surface area contributed by atoms with Gasteiger partial charge in [-0.05, 0) is 61.4 Å². The third-order valence-electron chi connectivity index (χ3n) is 7.51. The van der Waals surface area contributed by atoms with Crippen LogP contribution in [0.5, 0.6) is 0 Å². The van der Waals surface area contributed by atoms with Gasteiger partial charge in [-0.2, -0.15) is 0 Å². The Morgan fingerprint density at radius 1 is 0.830 bits per heavy atom. The van der Waals surface area contributed by atoms with Crippen LogP contribution >= 0.6 is 46.4 Å². The number of hydrogen-bond acceptors (Lipinski definition) is 4. The van der Waals surface area contributed by atoms with Crippen LogP contribution in [0.3, 0.4) is 0 Å². The van der Waals surface area contributed by atoms with Gasteiger partial charge in [0.2, 0.25) is 11.8 Å². The van der Waals surface area contributed by atoms with E-state index in [1.807, 2.05) is 44.2 Å². The van der Waals surface area contributed by atoms with Crippen molar-refractivity contribution in [3.05, 3.63) is 128 Å². The number of sulfonamides is 1. The summed E-state index contributed by atoms with van der Waals surface area (Å²) >= 11 is 25.8. The van der Waals surface area contributed by atoms with E-state index in [0.29, 0.717) is 22.2 Å². The first kappa shape index (κ1) is 36.6. The topological polar surface area (TPSA) is 86.8 Å². The fourth-order valence-corrected chi connectivity index (χ4v) is 7.39. The lowest BCUT2D eigenvalue weighted by Gasteiger charge is -2.34. The Morgan fingerprint density at radius 3 is 2.04 bits per heavy atom. The molecule has 0 fully saturated rings. The maximum absolute atomic E-state index is 14.6. The van der Waals surface area contributed by atoms with E-state index in [-0.39, 0.29) is 33.6 Å². The number of carbonyl (C=O) groups excluding carboxylic acids is 2. The van der Waals surface area contributed by atoms with Gasteiger partial charge in [0.15, 0.2) is 0 Å². The van der Waals surface area contributed by atoms with E-state index in [4.69, 9.17) is 46.4 Å². The van der Waals surface area contributed by atoms with Crippen molar-refractivity contribution in [2.24, 2.45) is 0 Å². The van der Waals surface area contributed by atoms with Gasteiger partial charge >= 0.3 is 0 Å². The molecule has 4 rings (SSSR count). The highest BCUT2D eigenvalue weighted by atomic mass is 35.5. The van der Waals surface area contributed by atoms with E-state index < -0.39 is 34.4 Å². The number of nitrogens with one attached hydrogen (secondary N) is 1. The van der Waals surface area contributed by atoms with Crippen molar-refractivity contribution in [3.8, 4) is 0 Å². The van der Waals surface area contributed by atoms with Crippen molar-refractivity contribution in [1.82, 2.24) is 10.2 Å². The van der Waals surface area contributed by atoms with E-state index in [0.717, 1.165) is 28.3 Å². The zero-order valence-electron chi connectivity index (χ0n) is 25.9. The van der Waals surface area contributed by atoms with Crippen LogP contribution in [0, 0.1) is 6.92 Å². The lowest BCUT2D eigenvalue weighted by Crippen LogP contribution is -2.53. The zero-order valence-corrected chi connectivity index (χ0v) is 29.8. The number of nitrogens with zero attached hydrogens (tertiary/aromatic N) is 2. The Bertz CT molecular complexity index is 1770. The largest absolute Gasteiger partial charge is 0.354 e. The number of anilines is 1. The predicted octanol–water partition coefficient (Wildman–Crippen LogP) is 8.36. The molecule has 4 aromatic carbocycles. The first-order valence-electron chi connectivity index (χ1n) is 15.0. The molecule has 0 radical (unpaired) electrons. The molecule has 0 saturated heterocycles. The van der Waals surface area contributed by atoms with Crippen LogP contribution in [0.4, 0.5) is 5.69 Å². The highest BCUT2D eigenvalue weighted by Gasteiger charge is 2.35. The lowest BCUT2D eigenvalue weighted by molar-refractivity contribution is -0.140. The summed E-state index contributed by atoms with van der Waals surface area (Å²) in [5.74, 6) is -1.06. The number of hydrogen-bond donors (Lipinski definition) is 1.